The summed E-state index contributed by atoms with van der Waals surface area (Å²) in [4.78, 5) is 18.1. The second-order valence-corrected chi connectivity index (χ2v) is 6.83. The van der Waals surface area contributed by atoms with E-state index in [0.717, 1.165) is 48.0 Å². The third-order valence-corrected chi connectivity index (χ3v) is 5.06. The number of carbonyl (C=O) groups is 1. The Kier molecular flexibility index (Phi) is 4.44. The summed E-state index contributed by atoms with van der Waals surface area (Å²) in [5.41, 5.74) is 5.73. The highest BCUT2D eigenvalue weighted by molar-refractivity contribution is 5.92. The van der Waals surface area contributed by atoms with E-state index in [0.29, 0.717) is 6.42 Å². The van der Waals surface area contributed by atoms with Gasteiger partial charge in [0.1, 0.15) is 0 Å². The number of aliphatic hydroxyl groups excluding tert-OH is 1. The first-order chi connectivity index (χ1) is 11.0. The van der Waals surface area contributed by atoms with Crippen molar-refractivity contribution < 1.29 is 9.90 Å². The van der Waals surface area contributed by atoms with Crippen LogP contribution in [0.2, 0.25) is 0 Å². The average Bonchev–Trinajstić information content (AvgIpc) is 2.84. The summed E-state index contributed by atoms with van der Waals surface area (Å²) in [7, 11) is 0. The highest BCUT2D eigenvalue weighted by Gasteiger charge is 2.27. The Morgan fingerprint density at radius 1 is 1.30 bits per heavy atom. The lowest BCUT2D eigenvalue weighted by Crippen LogP contribution is -2.46. The molecule has 3 rings (SSSR count). The molecule has 2 aromatic rings. The lowest BCUT2D eigenvalue weighted by molar-refractivity contribution is -0.135. The van der Waals surface area contributed by atoms with Crippen molar-refractivity contribution >= 4 is 16.8 Å². The number of likely N-dealkylation sites (tertiary alicyclic amines) is 1. The summed E-state index contributed by atoms with van der Waals surface area (Å²) in [5, 5.41) is 10.7. The van der Waals surface area contributed by atoms with Crippen LogP contribution in [0.3, 0.4) is 0 Å². The van der Waals surface area contributed by atoms with Crippen molar-refractivity contribution in [3.05, 3.63) is 34.5 Å². The summed E-state index contributed by atoms with van der Waals surface area (Å²) >= 11 is 0. The number of benzene rings is 1. The van der Waals surface area contributed by atoms with Gasteiger partial charge in [-0.15, -0.1) is 0 Å². The van der Waals surface area contributed by atoms with Gasteiger partial charge in [-0.3, -0.25) is 4.79 Å². The van der Waals surface area contributed by atoms with Gasteiger partial charge in [-0.05, 0) is 57.2 Å². The number of hydrogen-bond acceptors (Lipinski definition) is 2. The molecule has 0 radical (unpaired) electrons. The molecule has 1 aromatic carbocycles. The van der Waals surface area contributed by atoms with Gasteiger partial charge in [-0.1, -0.05) is 11.6 Å². The van der Waals surface area contributed by atoms with Gasteiger partial charge >= 0.3 is 0 Å². The summed E-state index contributed by atoms with van der Waals surface area (Å²) in [6.07, 6.45) is 3.45. The zero-order chi connectivity index (χ0) is 16.6. The molecule has 4 heteroatoms. The van der Waals surface area contributed by atoms with Gasteiger partial charge in [0.25, 0.3) is 0 Å². The number of fused-ring (bicyclic) bond motifs is 1. The largest absolute Gasteiger partial charge is 0.394 e. The van der Waals surface area contributed by atoms with Crippen molar-refractivity contribution in [2.24, 2.45) is 0 Å². The first-order valence-corrected chi connectivity index (χ1v) is 8.50. The van der Waals surface area contributed by atoms with Crippen molar-refractivity contribution in [1.29, 1.82) is 0 Å². The van der Waals surface area contributed by atoms with E-state index in [-0.39, 0.29) is 18.6 Å². The maximum absolute atomic E-state index is 12.8. The highest BCUT2D eigenvalue weighted by Crippen LogP contribution is 2.28. The molecule has 124 valence electrons. The molecular formula is C19H26N2O2. The quantitative estimate of drug-likeness (QED) is 0.915. The fourth-order valence-corrected chi connectivity index (χ4v) is 3.84. The molecule has 0 aliphatic carbocycles. The molecule has 1 saturated heterocycles. The van der Waals surface area contributed by atoms with Crippen LogP contribution in [0.4, 0.5) is 0 Å². The Bertz CT molecular complexity index is 733. The number of H-pyrrole nitrogens is 1. The van der Waals surface area contributed by atoms with Crippen LogP contribution in [0.5, 0.6) is 0 Å². The Balaban J connectivity index is 1.92. The number of rotatable bonds is 3. The van der Waals surface area contributed by atoms with E-state index in [1.807, 2.05) is 11.8 Å². The van der Waals surface area contributed by atoms with E-state index in [9.17, 15) is 9.90 Å². The Morgan fingerprint density at radius 2 is 2.09 bits per heavy atom. The molecule has 1 aliphatic heterocycles. The van der Waals surface area contributed by atoms with Gasteiger partial charge in [-0.2, -0.15) is 0 Å². The second-order valence-electron chi connectivity index (χ2n) is 6.83. The highest BCUT2D eigenvalue weighted by atomic mass is 16.3. The molecule has 23 heavy (non-hydrogen) atoms. The van der Waals surface area contributed by atoms with Crippen LogP contribution in [0.25, 0.3) is 10.9 Å². The standard InChI is InChI=1S/C19H26N2O2/c1-12-8-13(2)19-17(9-12)16(14(3)20-19)10-18(23)21-7-5-4-6-15(21)11-22/h8-9,15,20,22H,4-7,10-11H2,1-3H3/t15-/m1/s1. The van der Waals surface area contributed by atoms with Gasteiger partial charge < -0.3 is 15.0 Å². The van der Waals surface area contributed by atoms with Crippen LogP contribution >= 0.6 is 0 Å². The van der Waals surface area contributed by atoms with Gasteiger partial charge in [0.15, 0.2) is 0 Å². The van der Waals surface area contributed by atoms with Crippen LogP contribution in [0.15, 0.2) is 12.1 Å². The van der Waals surface area contributed by atoms with E-state index in [2.05, 4.69) is 31.0 Å². The first-order valence-electron chi connectivity index (χ1n) is 8.50. The van der Waals surface area contributed by atoms with Gasteiger partial charge in [0.05, 0.1) is 19.1 Å². The first kappa shape index (κ1) is 16.1. The molecular weight excluding hydrogens is 288 g/mol. The Morgan fingerprint density at radius 3 is 2.83 bits per heavy atom. The number of nitrogens with zero attached hydrogens (tertiary/aromatic N) is 1. The third kappa shape index (κ3) is 3.00. The summed E-state index contributed by atoms with van der Waals surface area (Å²) < 4.78 is 0. The molecule has 0 spiro atoms. The molecule has 1 fully saturated rings. The number of nitrogens with one attached hydrogen (secondary N) is 1. The molecule has 2 N–H and O–H groups in total. The van der Waals surface area contributed by atoms with Crippen molar-refractivity contribution in [2.45, 2.75) is 52.5 Å². The van der Waals surface area contributed by atoms with Crippen molar-refractivity contribution in [1.82, 2.24) is 9.88 Å². The molecule has 1 aromatic heterocycles. The van der Waals surface area contributed by atoms with E-state index in [1.165, 1.54) is 11.1 Å². The number of amides is 1. The SMILES string of the molecule is Cc1cc(C)c2[nH]c(C)c(CC(=O)N3CCCC[C@@H]3CO)c2c1. The minimum absolute atomic E-state index is 0.00904. The summed E-state index contributed by atoms with van der Waals surface area (Å²) in [6, 6.07) is 4.31. The number of aromatic amines is 1. The number of aliphatic hydroxyl groups is 1. The zero-order valence-electron chi connectivity index (χ0n) is 14.3. The lowest BCUT2D eigenvalue weighted by Gasteiger charge is -2.34. The molecule has 4 nitrogen and oxygen atoms in total. The van der Waals surface area contributed by atoms with Crippen molar-refractivity contribution in [3.8, 4) is 0 Å². The fourth-order valence-electron chi connectivity index (χ4n) is 3.84. The average molecular weight is 314 g/mol. The zero-order valence-corrected chi connectivity index (χ0v) is 14.3. The van der Waals surface area contributed by atoms with Gasteiger partial charge in [0, 0.05) is 23.1 Å². The molecule has 2 heterocycles. The minimum atomic E-state index is -0.00904. The number of carbonyl (C=O) groups excluding carboxylic acids is 1. The van der Waals surface area contributed by atoms with Gasteiger partial charge in [0.2, 0.25) is 5.91 Å². The molecule has 1 aliphatic rings. The maximum atomic E-state index is 12.8. The number of aromatic nitrogens is 1. The molecule has 1 amide bonds. The molecule has 0 bridgehead atoms. The number of piperidine rings is 1. The van der Waals surface area contributed by atoms with Crippen LogP contribution < -0.4 is 0 Å². The third-order valence-electron chi connectivity index (χ3n) is 5.06. The second kappa shape index (κ2) is 6.36. The summed E-state index contributed by atoms with van der Waals surface area (Å²) in [6.45, 7) is 7.06. The van der Waals surface area contributed by atoms with Crippen molar-refractivity contribution in [2.75, 3.05) is 13.2 Å². The molecule has 0 unspecified atom stereocenters. The van der Waals surface area contributed by atoms with Crippen LogP contribution in [0.1, 0.15) is 41.6 Å². The van der Waals surface area contributed by atoms with E-state index in [4.69, 9.17) is 0 Å². The number of aryl methyl sites for hydroxylation is 3. The predicted molar refractivity (Wildman–Crippen MR) is 92.7 cm³/mol. The van der Waals surface area contributed by atoms with Crippen LogP contribution in [0, 0.1) is 20.8 Å². The Labute approximate surface area is 137 Å². The molecule has 1 atom stereocenters. The predicted octanol–water partition coefficient (Wildman–Crippen LogP) is 3.01. The molecule has 0 saturated carbocycles. The minimum Gasteiger partial charge on any atom is -0.394 e. The Hall–Kier alpha value is -1.81. The lowest BCUT2D eigenvalue weighted by atomic mass is 9.99. The van der Waals surface area contributed by atoms with Crippen LogP contribution in [-0.4, -0.2) is 40.1 Å². The number of hydrogen-bond donors (Lipinski definition) is 2. The maximum Gasteiger partial charge on any atom is 0.227 e. The van der Waals surface area contributed by atoms with Gasteiger partial charge in [-0.25, -0.2) is 0 Å². The van der Waals surface area contributed by atoms with E-state index in [1.54, 1.807) is 0 Å². The fraction of sp³-hybridized carbons (Fsp3) is 0.526. The van der Waals surface area contributed by atoms with Crippen molar-refractivity contribution in [3.63, 3.8) is 0 Å². The topological polar surface area (TPSA) is 56.3 Å². The van der Waals surface area contributed by atoms with Crippen LogP contribution in [-0.2, 0) is 11.2 Å². The van der Waals surface area contributed by atoms with E-state index >= 15 is 0 Å². The monoisotopic (exact) mass is 314 g/mol. The summed E-state index contributed by atoms with van der Waals surface area (Å²) in [5.74, 6) is 0.131. The smallest absolute Gasteiger partial charge is 0.227 e. The normalized spacial score (nSPS) is 18.6. The van der Waals surface area contributed by atoms with E-state index < -0.39 is 0 Å².